The molecular weight excluding hydrogens is 466 g/mol. The number of rotatable bonds is 7. The van der Waals surface area contributed by atoms with Crippen molar-refractivity contribution in [1.82, 2.24) is 4.57 Å². The number of esters is 2. The molecule has 184 valence electrons. The summed E-state index contributed by atoms with van der Waals surface area (Å²) in [6.45, 7) is 0.645. The summed E-state index contributed by atoms with van der Waals surface area (Å²) in [5, 5.41) is 13.6. The molecule has 3 aromatic rings. The van der Waals surface area contributed by atoms with Crippen LogP contribution in [0, 0.1) is 10.1 Å². The predicted octanol–water partition coefficient (Wildman–Crippen LogP) is 4.23. The smallest absolute Gasteiger partial charge is 0.340 e. The Bertz CT molecular complexity index is 1390. The molecule has 0 fully saturated rings. The Hall–Kier alpha value is -4.73. The molecule has 1 amide bonds. The Morgan fingerprint density at radius 2 is 1.72 bits per heavy atom. The average molecular weight is 489 g/mol. The van der Waals surface area contributed by atoms with Crippen LogP contribution < -0.4 is 5.32 Å². The second-order valence-electron chi connectivity index (χ2n) is 8.04. The summed E-state index contributed by atoms with van der Waals surface area (Å²) in [6, 6.07) is 12.8. The number of nitrogens with zero attached hydrogens (tertiary/aromatic N) is 2. The molecule has 36 heavy (non-hydrogen) atoms. The minimum atomic E-state index is -0.629. The molecule has 2 heterocycles. The molecular formula is C26H23N3O7. The van der Waals surface area contributed by atoms with Crippen LogP contribution in [-0.2, 0) is 27.2 Å². The zero-order valence-corrected chi connectivity index (χ0v) is 19.6. The fourth-order valence-electron chi connectivity index (χ4n) is 4.31. The Morgan fingerprint density at radius 1 is 1.03 bits per heavy atom. The number of hydrogen-bond acceptors (Lipinski definition) is 7. The third-order valence-corrected chi connectivity index (χ3v) is 5.88. The quantitative estimate of drug-likeness (QED) is 0.227. The molecule has 1 aliphatic heterocycles. The lowest BCUT2D eigenvalue weighted by molar-refractivity contribution is -0.384. The summed E-state index contributed by atoms with van der Waals surface area (Å²) in [6.07, 6.45) is 4.24. The minimum absolute atomic E-state index is 0.0632. The minimum Gasteiger partial charge on any atom is -0.465 e. The summed E-state index contributed by atoms with van der Waals surface area (Å²) < 4.78 is 11.8. The van der Waals surface area contributed by atoms with E-state index in [1.54, 1.807) is 36.4 Å². The van der Waals surface area contributed by atoms with Crippen LogP contribution in [0.3, 0.4) is 0 Å². The highest BCUT2D eigenvalue weighted by atomic mass is 16.6. The number of aromatic nitrogens is 1. The van der Waals surface area contributed by atoms with Gasteiger partial charge in [-0.25, -0.2) is 9.59 Å². The summed E-state index contributed by atoms with van der Waals surface area (Å²) in [5.41, 5.74) is 3.34. The van der Waals surface area contributed by atoms with Gasteiger partial charge in [-0.2, -0.15) is 0 Å². The molecule has 0 bridgehead atoms. The van der Waals surface area contributed by atoms with Gasteiger partial charge in [0.15, 0.2) is 0 Å². The van der Waals surface area contributed by atoms with Crippen molar-refractivity contribution in [3.05, 3.63) is 87.1 Å². The van der Waals surface area contributed by atoms with Crippen molar-refractivity contribution in [2.75, 3.05) is 19.5 Å². The molecule has 10 heteroatoms. The van der Waals surface area contributed by atoms with Gasteiger partial charge in [-0.05, 0) is 42.2 Å². The Balaban J connectivity index is 1.58. The van der Waals surface area contributed by atoms with Gasteiger partial charge in [-0.3, -0.25) is 14.9 Å². The topological polar surface area (TPSA) is 130 Å². The van der Waals surface area contributed by atoms with E-state index in [0.717, 1.165) is 12.1 Å². The molecule has 0 radical (unpaired) electrons. The second-order valence-corrected chi connectivity index (χ2v) is 8.04. The van der Waals surface area contributed by atoms with Gasteiger partial charge in [0.2, 0.25) is 5.91 Å². The molecule has 0 atom stereocenters. The zero-order chi connectivity index (χ0) is 25.8. The van der Waals surface area contributed by atoms with Gasteiger partial charge in [0.25, 0.3) is 5.69 Å². The van der Waals surface area contributed by atoms with Crippen LogP contribution in [0.4, 0.5) is 11.4 Å². The van der Waals surface area contributed by atoms with Crippen LogP contribution in [0.1, 0.15) is 38.4 Å². The van der Waals surface area contributed by atoms with E-state index >= 15 is 0 Å². The highest BCUT2D eigenvalue weighted by molar-refractivity contribution is 6.09. The molecule has 1 aromatic heterocycles. The third-order valence-electron chi connectivity index (χ3n) is 5.88. The number of nitrogens with one attached hydrogen (secondary N) is 1. The van der Waals surface area contributed by atoms with Crippen LogP contribution in [0.25, 0.3) is 17.3 Å². The van der Waals surface area contributed by atoms with Crippen LogP contribution >= 0.6 is 0 Å². The number of amides is 1. The summed E-state index contributed by atoms with van der Waals surface area (Å²) in [7, 11) is 2.53. The van der Waals surface area contributed by atoms with Gasteiger partial charge >= 0.3 is 11.9 Å². The first kappa shape index (κ1) is 24.4. The second kappa shape index (κ2) is 10.3. The molecule has 4 rings (SSSR count). The summed E-state index contributed by atoms with van der Waals surface area (Å²) in [5.74, 6) is -1.64. The fraction of sp³-hybridized carbons (Fsp3) is 0.192. The first-order valence-electron chi connectivity index (χ1n) is 11.1. The van der Waals surface area contributed by atoms with Gasteiger partial charge < -0.3 is 19.4 Å². The highest BCUT2D eigenvalue weighted by Crippen LogP contribution is 2.37. The van der Waals surface area contributed by atoms with E-state index in [4.69, 9.17) is 9.47 Å². The van der Waals surface area contributed by atoms with Crippen molar-refractivity contribution in [1.29, 1.82) is 0 Å². The van der Waals surface area contributed by atoms with E-state index in [0.29, 0.717) is 35.5 Å². The van der Waals surface area contributed by atoms with Crippen molar-refractivity contribution in [3.8, 4) is 11.3 Å². The van der Waals surface area contributed by atoms with Crippen LogP contribution in [0.2, 0.25) is 0 Å². The molecule has 0 saturated carbocycles. The predicted molar refractivity (Wildman–Crippen MR) is 132 cm³/mol. The van der Waals surface area contributed by atoms with Crippen molar-refractivity contribution in [2.24, 2.45) is 0 Å². The van der Waals surface area contributed by atoms with Crippen molar-refractivity contribution in [3.63, 3.8) is 0 Å². The standard InChI is InChI=1S/C26H23N3O7/c1-35-25(31)22-20-7-4-14-28(20)24(23(22)26(32)36-2)17-9-11-18(12-10-17)27-21(30)13-8-16-5-3-6-19(15-16)29(33)34/h3,5-6,8-13,15H,4,7,14H2,1-2H3,(H,27,30). The number of carbonyl (C=O) groups excluding carboxylic acids is 3. The van der Waals surface area contributed by atoms with Gasteiger partial charge in [0, 0.05) is 36.1 Å². The summed E-state index contributed by atoms with van der Waals surface area (Å²) >= 11 is 0. The molecule has 0 aliphatic carbocycles. The van der Waals surface area contributed by atoms with Crippen LogP contribution in [0.15, 0.2) is 54.6 Å². The lowest BCUT2D eigenvalue weighted by Gasteiger charge is -2.10. The van der Waals surface area contributed by atoms with Crippen molar-refractivity contribution in [2.45, 2.75) is 19.4 Å². The number of methoxy groups -OCH3 is 2. The fourth-order valence-corrected chi connectivity index (χ4v) is 4.31. The first-order chi connectivity index (χ1) is 17.3. The average Bonchev–Trinajstić information content (AvgIpc) is 3.48. The molecule has 1 aliphatic rings. The third kappa shape index (κ3) is 4.74. The number of ether oxygens (including phenoxy) is 2. The summed E-state index contributed by atoms with van der Waals surface area (Å²) in [4.78, 5) is 47.9. The number of nitro benzene ring substituents is 1. The molecule has 10 nitrogen and oxygen atoms in total. The van der Waals surface area contributed by atoms with Crippen molar-refractivity contribution >= 4 is 35.3 Å². The van der Waals surface area contributed by atoms with Gasteiger partial charge in [0.05, 0.1) is 30.4 Å². The van der Waals surface area contributed by atoms with E-state index in [2.05, 4.69) is 5.32 Å². The number of nitro groups is 1. The van der Waals surface area contributed by atoms with Gasteiger partial charge in [0.1, 0.15) is 5.56 Å². The molecule has 0 unspecified atom stereocenters. The maximum absolute atomic E-state index is 12.7. The molecule has 1 N–H and O–H groups in total. The van der Waals surface area contributed by atoms with Gasteiger partial charge in [-0.15, -0.1) is 0 Å². The molecule has 0 saturated heterocycles. The largest absolute Gasteiger partial charge is 0.465 e. The number of non-ortho nitro benzene ring substituents is 1. The van der Waals surface area contributed by atoms with E-state index in [1.165, 1.54) is 38.5 Å². The van der Waals surface area contributed by atoms with Gasteiger partial charge in [-0.1, -0.05) is 24.3 Å². The van der Waals surface area contributed by atoms with Crippen LogP contribution in [0.5, 0.6) is 0 Å². The lowest BCUT2D eigenvalue weighted by atomic mass is 10.0. The zero-order valence-electron chi connectivity index (χ0n) is 19.6. The normalized spacial score (nSPS) is 12.3. The number of benzene rings is 2. The number of fused-ring (bicyclic) bond motifs is 1. The molecule has 2 aromatic carbocycles. The number of anilines is 1. The van der Waals surface area contributed by atoms with Crippen LogP contribution in [-0.4, -0.2) is 41.6 Å². The number of hydrogen-bond donors (Lipinski definition) is 1. The lowest BCUT2D eigenvalue weighted by Crippen LogP contribution is -2.12. The van der Waals surface area contributed by atoms with Crippen molar-refractivity contribution < 1.29 is 28.8 Å². The Morgan fingerprint density at radius 3 is 2.39 bits per heavy atom. The van der Waals surface area contributed by atoms with E-state index in [-0.39, 0.29) is 16.8 Å². The SMILES string of the molecule is COC(=O)c1c(C(=O)OC)c(-c2ccc(NC(=O)C=Cc3cccc([N+](=O)[O-])c3)cc2)n2c1CCC2. The van der Waals surface area contributed by atoms with E-state index < -0.39 is 22.8 Å². The Labute approximate surface area is 206 Å². The Kier molecular flexibility index (Phi) is 6.95. The van der Waals surface area contributed by atoms with E-state index in [9.17, 15) is 24.5 Å². The number of carbonyl (C=O) groups is 3. The maximum Gasteiger partial charge on any atom is 0.340 e. The maximum atomic E-state index is 12.7. The molecule has 0 spiro atoms. The van der Waals surface area contributed by atoms with E-state index in [1.807, 2.05) is 4.57 Å². The highest BCUT2D eigenvalue weighted by Gasteiger charge is 2.34. The monoisotopic (exact) mass is 489 g/mol. The first-order valence-corrected chi connectivity index (χ1v) is 11.1.